The summed E-state index contributed by atoms with van der Waals surface area (Å²) >= 11 is 0. The largest absolute Gasteiger partial charge is 0.443 e. The van der Waals surface area contributed by atoms with E-state index in [-0.39, 0.29) is 0 Å². The number of hydrogen-bond donors (Lipinski definition) is 1. The van der Waals surface area contributed by atoms with Gasteiger partial charge in [-0.1, -0.05) is 0 Å². The average Bonchev–Trinajstić information content (AvgIpc) is 2.65. The van der Waals surface area contributed by atoms with E-state index in [0.717, 1.165) is 6.07 Å². The first kappa shape index (κ1) is 10.8. The Hall–Kier alpha value is -1.75. The summed E-state index contributed by atoms with van der Waals surface area (Å²) in [5, 5.41) is 2.90. The van der Waals surface area contributed by atoms with E-state index in [4.69, 9.17) is 4.42 Å². The average molecular weight is 224 g/mol. The van der Waals surface area contributed by atoms with E-state index >= 15 is 0 Å². The Kier molecular flexibility index (Phi) is 2.96. The van der Waals surface area contributed by atoms with Gasteiger partial charge in [0.05, 0.1) is 0 Å². The van der Waals surface area contributed by atoms with Crippen LogP contribution in [0.25, 0.3) is 11.3 Å². The van der Waals surface area contributed by atoms with Crippen LogP contribution in [0.5, 0.6) is 0 Å². The number of halogens is 2. The van der Waals surface area contributed by atoms with Crippen LogP contribution in [0, 0.1) is 11.6 Å². The molecule has 0 radical (unpaired) electrons. The molecule has 1 N–H and O–H groups in total. The zero-order valence-electron chi connectivity index (χ0n) is 8.63. The highest BCUT2D eigenvalue weighted by Gasteiger charge is 2.12. The van der Waals surface area contributed by atoms with Crippen molar-refractivity contribution >= 4 is 0 Å². The molecular formula is C11H10F2N2O. The van der Waals surface area contributed by atoms with E-state index in [0.29, 0.717) is 23.6 Å². The second-order valence-corrected chi connectivity index (χ2v) is 3.32. The van der Waals surface area contributed by atoms with Crippen LogP contribution in [0.4, 0.5) is 8.78 Å². The van der Waals surface area contributed by atoms with Gasteiger partial charge in [-0.15, -0.1) is 0 Å². The molecule has 0 amide bonds. The Morgan fingerprint density at radius 1 is 1.25 bits per heavy atom. The van der Waals surface area contributed by atoms with E-state index in [1.165, 1.54) is 18.5 Å². The van der Waals surface area contributed by atoms with Crippen LogP contribution in [0.15, 0.2) is 29.0 Å². The lowest BCUT2D eigenvalue weighted by Gasteiger charge is -2.01. The van der Waals surface area contributed by atoms with Crippen LogP contribution in [0.3, 0.4) is 0 Å². The van der Waals surface area contributed by atoms with Gasteiger partial charge in [0.1, 0.15) is 17.3 Å². The topological polar surface area (TPSA) is 38.1 Å². The van der Waals surface area contributed by atoms with Gasteiger partial charge in [0, 0.05) is 18.2 Å². The molecule has 1 heterocycles. The van der Waals surface area contributed by atoms with Crippen molar-refractivity contribution < 1.29 is 13.2 Å². The van der Waals surface area contributed by atoms with E-state index in [1.807, 2.05) is 0 Å². The Labute approximate surface area is 91.1 Å². The van der Waals surface area contributed by atoms with Gasteiger partial charge in [0.15, 0.2) is 12.2 Å². The lowest BCUT2D eigenvalue weighted by Crippen LogP contribution is -2.06. The van der Waals surface area contributed by atoms with Crippen molar-refractivity contribution in [3.05, 3.63) is 41.9 Å². The summed E-state index contributed by atoms with van der Waals surface area (Å²) in [4.78, 5) is 3.97. The van der Waals surface area contributed by atoms with Crippen molar-refractivity contribution in [2.24, 2.45) is 0 Å². The van der Waals surface area contributed by atoms with Crippen LogP contribution in [-0.2, 0) is 6.54 Å². The molecule has 0 saturated carbocycles. The molecule has 0 aliphatic carbocycles. The monoisotopic (exact) mass is 224 g/mol. The fraction of sp³-hybridized carbons (Fsp3) is 0.182. The summed E-state index contributed by atoms with van der Waals surface area (Å²) in [6.07, 6.45) is 1.25. The number of nitrogens with one attached hydrogen (secondary N) is 1. The molecule has 0 spiro atoms. The molecule has 3 nitrogen and oxygen atoms in total. The van der Waals surface area contributed by atoms with Crippen LogP contribution in [-0.4, -0.2) is 12.0 Å². The molecule has 0 saturated heterocycles. The molecule has 2 aromatic rings. The number of oxazole rings is 1. The first-order valence-electron chi connectivity index (χ1n) is 4.74. The van der Waals surface area contributed by atoms with Crippen molar-refractivity contribution in [3.8, 4) is 11.3 Å². The third kappa shape index (κ3) is 2.09. The van der Waals surface area contributed by atoms with Crippen molar-refractivity contribution in [2.75, 3.05) is 7.05 Å². The molecule has 0 unspecified atom stereocenters. The summed E-state index contributed by atoms with van der Waals surface area (Å²) < 4.78 is 31.2. The Balaban J connectivity index is 2.45. The Morgan fingerprint density at radius 3 is 2.56 bits per heavy atom. The normalized spacial score (nSPS) is 10.7. The second-order valence-electron chi connectivity index (χ2n) is 3.32. The minimum atomic E-state index is -0.637. The summed E-state index contributed by atoms with van der Waals surface area (Å²) in [6, 6.07) is 3.24. The molecule has 84 valence electrons. The van der Waals surface area contributed by atoms with Crippen LogP contribution in [0.1, 0.15) is 5.69 Å². The van der Waals surface area contributed by atoms with E-state index in [2.05, 4.69) is 10.3 Å². The van der Waals surface area contributed by atoms with Crippen molar-refractivity contribution in [1.82, 2.24) is 10.3 Å². The van der Waals surface area contributed by atoms with E-state index in [1.54, 1.807) is 7.05 Å². The zero-order valence-corrected chi connectivity index (χ0v) is 8.63. The molecule has 1 aromatic carbocycles. The van der Waals surface area contributed by atoms with Gasteiger partial charge in [-0.05, 0) is 19.2 Å². The van der Waals surface area contributed by atoms with Crippen molar-refractivity contribution in [1.29, 1.82) is 0 Å². The van der Waals surface area contributed by atoms with Gasteiger partial charge in [0.25, 0.3) is 0 Å². The fourth-order valence-electron chi connectivity index (χ4n) is 1.48. The highest BCUT2D eigenvalue weighted by atomic mass is 19.1. The molecule has 0 fully saturated rings. The smallest absolute Gasteiger partial charge is 0.181 e. The number of benzene rings is 1. The Morgan fingerprint density at radius 2 is 1.94 bits per heavy atom. The number of nitrogens with zero attached hydrogens (tertiary/aromatic N) is 1. The van der Waals surface area contributed by atoms with E-state index in [9.17, 15) is 8.78 Å². The molecule has 5 heteroatoms. The summed E-state index contributed by atoms with van der Waals surface area (Å²) in [5.41, 5.74) is 0.966. The zero-order chi connectivity index (χ0) is 11.5. The summed E-state index contributed by atoms with van der Waals surface area (Å²) in [7, 11) is 1.75. The number of rotatable bonds is 3. The van der Waals surface area contributed by atoms with Crippen LogP contribution >= 0.6 is 0 Å². The lowest BCUT2D eigenvalue weighted by molar-refractivity contribution is 0.561. The van der Waals surface area contributed by atoms with Gasteiger partial charge < -0.3 is 9.73 Å². The van der Waals surface area contributed by atoms with Gasteiger partial charge in [0.2, 0.25) is 0 Å². The maximum Gasteiger partial charge on any atom is 0.181 e. The first-order valence-corrected chi connectivity index (χ1v) is 4.74. The van der Waals surface area contributed by atoms with Gasteiger partial charge >= 0.3 is 0 Å². The summed E-state index contributed by atoms with van der Waals surface area (Å²) in [5.74, 6) is -0.892. The standard InChI is InChI=1S/C11H10F2N2O/c1-14-5-10-11(16-6-15-10)7-2-8(12)4-9(13)3-7/h2-4,6,14H,5H2,1H3. The summed E-state index contributed by atoms with van der Waals surface area (Å²) in [6.45, 7) is 0.476. The number of hydrogen-bond acceptors (Lipinski definition) is 3. The van der Waals surface area contributed by atoms with Gasteiger partial charge in [-0.2, -0.15) is 0 Å². The van der Waals surface area contributed by atoms with Crippen molar-refractivity contribution in [2.45, 2.75) is 6.54 Å². The van der Waals surface area contributed by atoms with Crippen LogP contribution < -0.4 is 5.32 Å². The lowest BCUT2D eigenvalue weighted by atomic mass is 10.1. The molecule has 0 bridgehead atoms. The molecule has 1 aromatic heterocycles. The fourth-order valence-corrected chi connectivity index (χ4v) is 1.48. The molecular weight excluding hydrogens is 214 g/mol. The highest BCUT2D eigenvalue weighted by Crippen LogP contribution is 2.24. The maximum atomic E-state index is 13.0. The minimum absolute atomic E-state index is 0.347. The van der Waals surface area contributed by atoms with E-state index < -0.39 is 11.6 Å². The molecule has 2 rings (SSSR count). The SMILES string of the molecule is CNCc1ncoc1-c1cc(F)cc(F)c1. The molecule has 0 atom stereocenters. The van der Waals surface area contributed by atoms with Crippen LogP contribution in [0.2, 0.25) is 0 Å². The second kappa shape index (κ2) is 4.40. The minimum Gasteiger partial charge on any atom is -0.443 e. The predicted octanol–water partition coefficient (Wildman–Crippen LogP) is 2.34. The number of aromatic nitrogens is 1. The Bertz CT molecular complexity index is 476. The molecule has 16 heavy (non-hydrogen) atoms. The van der Waals surface area contributed by atoms with Crippen molar-refractivity contribution in [3.63, 3.8) is 0 Å². The maximum absolute atomic E-state index is 13.0. The third-order valence-electron chi connectivity index (χ3n) is 2.11. The van der Waals surface area contributed by atoms with Gasteiger partial charge in [-0.3, -0.25) is 0 Å². The third-order valence-corrected chi connectivity index (χ3v) is 2.11. The quantitative estimate of drug-likeness (QED) is 0.869. The first-order chi connectivity index (χ1) is 7.70. The molecule has 0 aliphatic heterocycles. The van der Waals surface area contributed by atoms with Gasteiger partial charge in [-0.25, -0.2) is 13.8 Å². The molecule has 0 aliphatic rings. The predicted molar refractivity (Wildman–Crippen MR) is 54.6 cm³/mol. The highest BCUT2D eigenvalue weighted by molar-refractivity contribution is 5.59.